The van der Waals surface area contributed by atoms with Crippen LogP contribution in [-0.4, -0.2) is 34.4 Å². The second-order valence-electron chi connectivity index (χ2n) is 6.00. The van der Waals surface area contributed by atoms with Crippen LogP contribution in [0.5, 0.6) is 5.75 Å². The van der Waals surface area contributed by atoms with Gasteiger partial charge in [0.25, 0.3) is 5.91 Å². The monoisotopic (exact) mass is 354 g/mol. The number of hydrogen-bond acceptors (Lipinski definition) is 4. The van der Waals surface area contributed by atoms with Crippen molar-refractivity contribution in [1.29, 1.82) is 0 Å². The molecule has 0 N–H and O–H groups in total. The molecule has 3 rings (SSSR count). The van der Waals surface area contributed by atoms with Crippen molar-refractivity contribution in [2.75, 3.05) is 12.3 Å². The van der Waals surface area contributed by atoms with Crippen molar-refractivity contribution in [1.82, 2.24) is 4.90 Å². The van der Waals surface area contributed by atoms with E-state index in [2.05, 4.69) is 4.99 Å². The molecule has 1 aliphatic heterocycles. The number of nitrogens with zero attached hydrogens (tertiary/aromatic N) is 2. The summed E-state index contributed by atoms with van der Waals surface area (Å²) in [6.07, 6.45) is 0.406. The third kappa shape index (κ3) is 4.63. The maximum absolute atomic E-state index is 12.9. The topological polar surface area (TPSA) is 41.9 Å². The van der Waals surface area contributed by atoms with E-state index in [1.807, 2.05) is 61.5 Å². The lowest BCUT2D eigenvalue weighted by Crippen LogP contribution is -2.45. The van der Waals surface area contributed by atoms with Gasteiger partial charge in [-0.2, -0.15) is 0 Å². The molecule has 1 aliphatic rings. The quantitative estimate of drug-likeness (QED) is 0.816. The van der Waals surface area contributed by atoms with Crippen molar-refractivity contribution in [3.63, 3.8) is 0 Å². The van der Waals surface area contributed by atoms with Gasteiger partial charge in [-0.15, -0.1) is 0 Å². The van der Waals surface area contributed by atoms with E-state index in [0.29, 0.717) is 12.3 Å². The van der Waals surface area contributed by atoms with Gasteiger partial charge in [0.05, 0.1) is 5.69 Å². The molecule has 0 bridgehead atoms. The Hall–Kier alpha value is -2.27. The van der Waals surface area contributed by atoms with E-state index in [4.69, 9.17) is 4.74 Å². The summed E-state index contributed by atoms with van der Waals surface area (Å²) in [7, 11) is 0. The maximum Gasteiger partial charge on any atom is 0.269 e. The van der Waals surface area contributed by atoms with Crippen molar-refractivity contribution in [2.45, 2.75) is 26.4 Å². The SMILES string of the molecule is Cc1cccc(O[C@@H](C)C(=O)N2CCCSC2=Nc2ccccc2)c1. The molecule has 0 unspecified atom stereocenters. The Morgan fingerprint density at radius 2 is 2.00 bits per heavy atom. The summed E-state index contributed by atoms with van der Waals surface area (Å²) in [5.74, 6) is 1.64. The molecule has 0 saturated carbocycles. The predicted octanol–water partition coefficient (Wildman–Crippen LogP) is 4.42. The molecule has 25 heavy (non-hydrogen) atoms. The van der Waals surface area contributed by atoms with E-state index in [9.17, 15) is 4.79 Å². The number of rotatable bonds is 4. The molecule has 0 radical (unpaired) electrons. The molecule has 1 atom stereocenters. The fraction of sp³-hybridized carbons (Fsp3) is 0.300. The molecule has 4 nitrogen and oxygen atoms in total. The average Bonchev–Trinajstić information content (AvgIpc) is 2.62. The first kappa shape index (κ1) is 17.5. The van der Waals surface area contributed by atoms with Crippen molar-refractivity contribution >= 4 is 28.5 Å². The molecule has 1 saturated heterocycles. The predicted molar refractivity (Wildman–Crippen MR) is 104 cm³/mol. The third-order valence-electron chi connectivity index (χ3n) is 3.89. The van der Waals surface area contributed by atoms with Crippen LogP contribution >= 0.6 is 11.8 Å². The van der Waals surface area contributed by atoms with Crippen molar-refractivity contribution in [2.24, 2.45) is 4.99 Å². The zero-order chi connectivity index (χ0) is 17.6. The molecule has 1 heterocycles. The number of hydrogen-bond donors (Lipinski definition) is 0. The molecule has 130 valence electrons. The van der Waals surface area contributed by atoms with Crippen LogP contribution in [0, 0.1) is 6.92 Å². The zero-order valence-corrected chi connectivity index (χ0v) is 15.3. The van der Waals surface area contributed by atoms with Crippen LogP contribution in [-0.2, 0) is 4.79 Å². The number of amides is 1. The van der Waals surface area contributed by atoms with Crippen molar-refractivity contribution in [3.05, 3.63) is 60.2 Å². The first-order valence-electron chi connectivity index (χ1n) is 8.45. The molecular formula is C20H22N2O2S. The van der Waals surface area contributed by atoms with Gasteiger partial charge in [-0.05, 0) is 50.1 Å². The highest BCUT2D eigenvalue weighted by molar-refractivity contribution is 8.13. The molecule has 1 fully saturated rings. The molecular weight excluding hydrogens is 332 g/mol. The minimum absolute atomic E-state index is 0.0524. The number of aliphatic imine (C=N–C) groups is 1. The fourth-order valence-corrected chi connectivity index (χ4v) is 3.60. The average molecular weight is 354 g/mol. The van der Waals surface area contributed by atoms with Crippen molar-refractivity contribution in [3.8, 4) is 5.75 Å². The van der Waals surface area contributed by atoms with Gasteiger partial charge in [0.2, 0.25) is 0 Å². The first-order valence-corrected chi connectivity index (χ1v) is 9.43. The highest BCUT2D eigenvalue weighted by Gasteiger charge is 2.28. The van der Waals surface area contributed by atoms with Gasteiger partial charge in [-0.1, -0.05) is 42.1 Å². The first-order chi connectivity index (χ1) is 12.1. The van der Waals surface area contributed by atoms with Gasteiger partial charge in [-0.3, -0.25) is 9.69 Å². The highest BCUT2D eigenvalue weighted by atomic mass is 32.2. The maximum atomic E-state index is 12.9. The van der Waals surface area contributed by atoms with E-state index >= 15 is 0 Å². The molecule has 0 aliphatic carbocycles. The van der Waals surface area contributed by atoms with Crippen molar-refractivity contribution < 1.29 is 9.53 Å². The number of benzene rings is 2. The summed E-state index contributed by atoms with van der Waals surface area (Å²) in [5.41, 5.74) is 1.97. The van der Waals surface area contributed by atoms with Gasteiger partial charge in [0, 0.05) is 12.3 Å². The summed E-state index contributed by atoms with van der Waals surface area (Å²) in [6.45, 7) is 4.48. The van der Waals surface area contributed by atoms with Crippen LogP contribution < -0.4 is 4.74 Å². The lowest BCUT2D eigenvalue weighted by molar-refractivity contribution is -0.133. The second-order valence-corrected chi connectivity index (χ2v) is 7.06. The molecule has 5 heteroatoms. The Kier molecular flexibility index (Phi) is 5.76. The van der Waals surface area contributed by atoms with E-state index in [0.717, 1.165) is 28.6 Å². The largest absolute Gasteiger partial charge is 0.481 e. The number of aryl methyl sites for hydroxylation is 1. The minimum atomic E-state index is -0.554. The summed E-state index contributed by atoms with van der Waals surface area (Å²) >= 11 is 1.62. The Labute approximate surface area is 152 Å². The van der Waals surface area contributed by atoms with Crippen LogP contribution in [0.25, 0.3) is 0 Å². The van der Waals surface area contributed by atoms with Gasteiger partial charge in [0.1, 0.15) is 5.75 Å². The van der Waals surface area contributed by atoms with Gasteiger partial charge in [-0.25, -0.2) is 4.99 Å². The molecule has 2 aromatic rings. The Morgan fingerprint density at radius 1 is 1.20 bits per heavy atom. The summed E-state index contributed by atoms with van der Waals surface area (Å²) in [5, 5.41) is 0.752. The third-order valence-corrected chi connectivity index (χ3v) is 4.95. The van der Waals surface area contributed by atoms with Gasteiger partial charge < -0.3 is 4.74 Å². The van der Waals surface area contributed by atoms with E-state index in [-0.39, 0.29) is 5.91 Å². The van der Waals surface area contributed by atoms with E-state index < -0.39 is 6.10 Å². The second kappa shape index (κ2) is 8.21. The van der Waals surface area contributed by atoms with Gasteiger partial charge >= 0.3 is 0 Å². The number of para-hydroxylation sites is 1. The van der Waals surface area contributed by atoms with Gasteiger partial charge in [0.15, 0.2) is 11.3 Å². The number of carbonyl (C=O) groups excluding carboxylic acids is 1. The molecule has 2 aromatic carbocycles. The van der Waals surface area contributed by atoms with E-state index in [1.54, 1.807) is 23.6 Å². The van der Waals surface area contributed by atoms with Crippen LogP contribution in [0.15, 0.2) is 59.6 Å². The van der Waals surface area contributed by atoms with Crippen LogP contribution in [0.1, 0.15) is 18.9 Å². The van der Waals surface area contributed by atoms with Crippen LogP contribution in [0.4, 0.5) is 5.69 Å². The standard InChI is InChI=1S/C20H22N2O2S/c1-15-8-6-11-18(14-15)24-16(2)19(23)22-12-7-13-25-20(22)21-17-9-4-3-5-10-17/h3-6,8-11,14,16H,7,12-13H2,1-2H3/t16-/m0/s1. The van der Waals surface area contributed by atoms with Crippen LogP contribution in [0.3, 0.4) is 0 Å². The number of amidine groups is 1. The Morgan fingerprint density at radius 3 is 2.76 bits per heavy atom. The Bertz CT molecular complexity index is 761. The molecule has 1 amide bonds. The minimum Gasteiger partial charge on any atom is -0.481 e. The zero-order valence-electron chi connectivity index (χ0n) is 14.5. The summed E-state index contributed by atoms with van der Waals surface area (Å²) < 4.78 is 5.85. The highest BCUT2D eigenvalue weighted by Crippen LogP contribution is 2.24. The van der Waals surface area contributed by atoms with Crippen LogP contribution in [0.2, 0.25) is 0 Å². The normalized spacial score (nSPS) is 17.4. The smallest absolute Gasteiger partial charge is 0.269 e. The van der Waals surface area contributed by atoms with E-state index in [1.165, 1.54) is 0 Å². The molecule has 0 aromatic heterocycles. The summed E-state index contributed by atoms with van der Waals surface area (Å²) in [6, 6.07) is 17.5. The number of thioether (sulfide) groups is 1. The fourth-order valence-electron chi connectivity index (χ4n) is 2.63. The summed E-state index contributed by atoms with van der Waals surface area (Å²) in [4.78, 5) is 19.3. The number of ether oxygens (including phenoxy) is 1. The Balaban J connectivity index is 1.75. The number of carbonyl (C=O) groups is 1. The molecule has 0 spiro atoms. The lowest BCUT2D eigenvalue weighted by atomic mass is 10.2. The lowest BCUT2D eigenvalue weighted by Gasteiger charge is -2.30.